The summed E-state index contributed by atoms with van der Waals surface area (Å²) in [6, 6.07) is 7.75. The van der Waals surface area contributed by atoms with Crippen molar-refractivity contribution in [3.05, 3.63) is 29.3 Å². The molecule has 0 saturated carbocycles. The van der Waals surface area contributed by atoms with Gasteiger partial charge in [-0.2, -0.15) is 5.26 Å². The Bertz CT molecular complexity index is 297. The highest BCUT2D eigenvalue weighted by atomic mass is 14.5. The van der Waals surface area contributed by atoms with Crippen LogP contribution >= 0.6 is 0 Å². The van der Waals surface area contributed by atoms with Gasteiger partial charge >= 0.3 is 0 Å². The molecule has 0 aromatic heterocycles. The highest BCUT2D eigenvalue weighted by molar-refractivity contribution is 5.47. The number of benzene rings is 1. The summed E-state index contributed by atoms with van der Waals surface area (Å²) in [6.45, 7) is 1.94. The molecular weight excluding hydrogens is 136 g/mol. The Morgan fingerprint density at radius 2 is 2.27 bits per heavy atom. The van der Waals surface area contributed by atoms with E-state index in [0.717, 1.165) is 16.8 Å². The molecule has 1 aromatic rings. The fraction of sp³-hybridized carbons (Fsp3) is 0.222. The van der Waals surface area contributed by atoms with E-state index in [-0.39, 0.29) is 0 Å². The first-order valence-corrected chi connectivity index (χ1v) is 3.46. The first kappa shape index (κ1) is 7.62. The topological polar surface area (TPSA) is 49.8 Å². The number of nitrogens with zero attached hydrogens (tertiary/aromatic N) is 1. The van der Waals surface area contributed by atoms with E-state index in [1.807, 2.05) is 25.1 Å². The zero-order valence-corrected chi connectivity index (χ0v) is 6.46. The molecule has 0 amide bonds. The minimum Gasteiger partial charge on any atom is -0.399 e. The molecule has 56 valence electrons. The van der Waals surface area contributed by atoms with Crippen molar-refractivity contribution in [2.45, 2.75) is 13.3 Å². The lowest BCUT2D eigenvalue weighted by Gasteiger charge is -2.00. The maximum Gasteiger partial charge on any atom is 0.0669 e. The van der Waals surface area contributed by atoms with Crippen molar-refractivity contribution in [3.63, 3.8) is 0 Å². The van der Waals surface area contributed by atoms with Gasteiger partial charge in [-0.25, -0.2) is 0 Å². The van der Waals surface area contributed by atoms with Crippen LogP contribution in [-0.4, -0.2) is 0 Å². The third-order valence-corrected chi connectivity index (χ3v) is 1.62. The zero-order chi connectivity index (χ0) is 8.27. The summed E-state index contributed by atoms with van der Waals surface area (Å²) < 4.78 is 0. The van der Waals surface area contributed by atoms with Gasteiger partial charge < -0.3 is 5.73 Å². The number of nitrogen functional groups attached to an aromatic ring is 1. The summed E-state index contributed by atoms with van der Waals surface area (Å²) in [5.41, 5.74) is 8.45. The molecule has 2 heteroatoms. The maximum absolute atomic E-state index is 8.40. The molecule has 0 heterocycles. The molecule has 0 saturated heterocycles. The van der Waals surface area contributed by atoms with Crippen LogP contribution in [0.25, 0.3) is 0 Å². The lowest BCUT2D eigenvalue weighted by atomic mass is 10.1. The van der Waals surface area contributed by atoms with E-state index in [9.17, 15) is 0 Å². The van der Waals surface area contributed by atoms with E-state index in [1.54, 1.807) is 0 Å². The van der Waals surface area contributed by atoms with E-state index in [2.05, 4.69) is 6.07 Å². The standard InChI is InChI=1S/C9H10N2/c1-7-6-8(4-5-10)2-3-9(7)11/h2-3,6H,4,11H2,1H3. The number of nitrogens with two attached hydrogens (primary N) is 1. The SMILES string of the molecule is Cc1cc(CC#N)ccc1N. The Balaban J connectivity index is 2.98. The number of aryl methyl sites for hydroxylation is 1. The smallest absolute Gasteiger partial charge is 0.0669 e. The largest absolute Gasteiger partial charge is 0.399 e. The van der Waals surface area contributed by atoms with E-state index in [1.165, 1.54) is 0 Å². The van der Waals surface area contributed by atoms with Gasteiger partial charge in [-0.15, -0.1) is 0 Å². The highest BCUT2D eigenvalue weighted by Gasteiger charge is 1.94. The molecule has 0 aliphatic heterocycles. The van der Waals surface area contributed by atoms with Crippen LogP contribution in [0.4, 0.5) is 5.69 Å². The van der Waals surface area contributed by atoms with Gasteiger partial charge in [0, 0.05) is 5.69 Å². The van der Waals surface area contributed by atoms with Crippen LogP contribution < -0.4 is 5.73 Å². The molecule has 1 rings (SSSR count). The Morgan fingerprint density at radius 1 is 1.55 bits per heavy atom. The van der Waals surface area contributed by atoms with E-state index in [4.69, 9.17) is 11.0 Å². The molecule has 1 aromatic carbocycles. The number of nitriles is 1. The van der Waals surface area contributed by atoms with Crippen molar-refractivity contribution in [2.24, 2.45) is 0 Å². The second kappa shape index (κ2) is 3.07. The van der Waals surface area contributed by atoms with E-state index < -0.39 is 0 Å². The van der Waals surface area contributed by atoms with Crippen molar-refractivity contribution in [1.82, 2.24) is 0 Å². The Labute approximate surface area is 66.3 Å². The molecule has 0 fully saturated rings. The van der Waals surface area contributed by atoms with Gasteiger partial charge in [0.2, 0.25) is 0 Å². The second-order valence-corrected chi connectivity index (χ2v) is 2.53. The van der Waals surface area contributed by atoms with Crippen LogP contribution in [0.5, 0.6) is 0 Å². The van der Waals surface area contributed by atoms with Gasteiger partial charge in [0.15, 0.2) is 0 Å². The first-order valence-electron chi connectivity index (χ1n) is 3.46. The zero-order valence-electron chi connectivity index (χ0n) is 6.46. The van der Waals surface area contributed by atoms with E-state index >= 15 is 0 Å². The summed E-state index contributed by atoms with van der Waals surface area (Å²) in [5, 5.41) is 8.40. The molecule has 0 spiro atoms. The Morgan fingerprint density at radius 3 is 2.82 bits per heavy atom. The second-order valence-electron chi connectivity index (χ2n) is 2.53. The maximum atomic E-state index is 8.40. The van der Waals surface area contributed by atoms with Crippen LogP contribution in [0.3, 0.4) is 0 Å². The third kappa shape index (κ3) is 1.71. The molecule has 0 unspecified atom stereocenters. The third-order valence-electron chi connectivity index (χ3n) is 1.62. The molecule has 0 bridgehead atoms. The lowest BCUT2D eigenvalue weighted by molar-refractivity contribution is 1.25. The summed E-state index contributed by atoms with van der Waals surface area (Å²) in [7, 11) is 0. The van der Waals surface area contributed by atoms with Crippen molar-refractivity contribution in [3.8, 4) is 6.07 Å². The van der Waals surface area contributed by atoms with Gasteiger partial charge in [-0.3, -0.25) is 0 Å². The van der Waals surface area contributed by atoms with Gasteiger partial charge in [-0.05, 0) is 24.1 Å². The van der Waals surface area contributed by atoms with Crippen LogP contribution in [-0.2, 0) is 6.42 Å². The van der Waals surface area contributed by atoms with Crippen LogP contribution in [0.15, 0.2) is 18.2 Å². The molecule has 2 N–H and O–H groups in total. The minimum absolute atomic E-state index is 0.459. The molecule has 0 radical (unpaired) electrons. The summed E-state index contributed by atoms with van der Waals surface area (Å²) in [6.07, 6.45) is 0.459. The number of rotatable bonds is 1. The van der Waals surface area contributed by atoms with Crippen molar-refractivity contribution in [1.29, 1.82) is 5.26 Å². The summed E-state index contributed by atoms with van der Waals surface area (Å²) in [5.74, 6) is 0. The van der Waals surface area contributed by atoms with Gasteiger partial charge in [-0.1, -0.05) is 12.1 Å². The number of anilines is 1. The number of hydrogen-bond donors (Lipinski definition) is 1. The van der Waals surface area contributed by atoms with Crippen LogP contribution in [0.1, 0.15) is 11.1 Å². The van der Waals surface area contributed by atoms with Crippen molar-refractivity contribution >= 4 is 5.69 Å². The predicted octanol–water partition coefficient (Wildman–Crippen LogP) is 1.64. The molecule has 0 atom stereocenters. The molecular formula is C9H10N2. The van der Waals surface area contributed by atoms with Crippen molar-refractivity contribution < 1.29 is 0 Å². The van der Waals surface area contributed by atoms with E-state index in [0.29, 0.717) is 6.42 Å². The summed E-state index contributed by atoms with van der Waals surface area (Å²) in [4.78, 5) is 0. The highest BCUT2D eigenvalue weighted by Crippen LogP contribution is 2.12. The van der Waals surface area contributed by atoms with Gasteiger partial charge in [0.05, 0.1) is 12.5 Å². The normalized spacial score (nSPS) is 9.09. The molecule has 11 heavy (non-hydrogen) atoms. The van der Waals surface area contributed by atoms with Crippen LogP contribution in [0.2, 0.25) is 0 Å². The minimum atomic E-state index is 0.459. The molecule has 0 aliphatic rings. The van der Waals surface area contributed by atoms with Gasteiger partial charge in [0.25, 0.3) is 0 Å². The van der Waals surface area contributed by atoms with Gasteiger partial charge in [0.1, 0.15) is 0 Å². The first-order chi connectivity index (χ1) is 5.24. The average molecular weight is 146 g/mol. The Kier molecular flexibility index (Phi) is 2.12. The monoisotopic (exact) mass is 146 g/mol. The quantitative estimate of drug-likeness (QED) is 0.612. The summed E-state index contributed by atoms with van der Waals surface area (Å²) >= 11 is 0. The molecule has 2 nitrogen and oxygen atoms in total. The van der Waals surface area contributed by atoms with Crippen molar-refractivity contribution in [2.75, 3.05) is 5.73 Å². The average Bonchev–Trinajstić information content (AvgIpc) is 1.98. The predicted molar refractivity (Wildman–Crippen MR) is 44.9 cm³/mol. The Hall–Kier alpha value is -1.49. The van der Waals surface area contributed by atoms with Crippen LogP contribution in [0, 0.1) is 18.3 Å². The fourth-order valence-corrected chi connectivity index (χ4v) is 0.939. The lowest BCUT2D eigenvalue weighted by Crippen LogP contribution is -1.90. The fourth-order valence-electron chi connectivity index (χ4n) is 0.939. The molecule has 0 aliphatic carbocycles. The number of hydrogen-bond acceptors (Lipinski definition) is 2.